The Morgan fingerprint density at radius 3 is 3.05 bits per heavy atom. The summed E-state index contributed by atoms with van der Waals surface area (Å²) in [5.74, 6) is 2.89. The molecule has 2 rings (SSSR count). The molecule has 0 spiro atoms. The molecule has 1 fully saturated rings. The molecule has 1 saturated heterocycles. The number of nitrogens with zero attached hydrogens (tertiary/aromatic N) is 4. The Hall–Kier alpha value is -1.57. The molecule has 19 heavy (non-hydrogen) atoms. The lowest BCUT2D eigenvalue weighted by Crippen LogP contribution is -2.32. The van der Waals surface area contributed by atoms with E-state index in [2.05, 4.69) is 15.3 Å². The standard InChI is InChI=1S/C11H17N5O2S/c1-3-12-11-13-6-9(16(17)18)10(14-11)15(2)8-4-5-19-7-8/h6,8H,3-5,7H2,1-2H3,(H,12,13,14). The van der Waals surface area contributed by atoms with Crippen LogP contribution in [0.25, 0.3) is 0 Å². The van der Waals surface area contributed by atoms with Crippen molar-refractivity contribution >= 4 is 29.2 Å². The average molecular weight is 283 g/mol. The van der Waals surface area contributed by atoms with Crippen LogP contribution in [0.2, 0.25) is 0 Å². The Balaban J connectivity index is 2.33. The number of rotatable bonds is 5. The first kappa shape index (κ1) is 13.9. The zero-order chi connectivity index (χ0) is 13.8. The van der Waals surface area contributed by atoms with Gasteiger partial charge in [0.05, 0.1) is 4.92 Å². The van der Waals surface area contributed by atoms with E-state index in [4.69, 9.17) is 0 Å². The molecule has 0 aliphatic carbocycles. The fourth-order valence-electron chi connectivity index (χ4n) is 2.00. The molecule has 8 heteroatoms. The summed E-state index contributed by atoms with van der Waals surface area (Å²) < 4.78 is 0. The molecule has 1 aromatic rings. The van der Waals surface area contributed by atoms with Crippen LogP contribution in [-0.2, 0) is 0 Å². The van der Waals surface area contributed by atoms with E-state index in [0.717, 1.165) is 17.9 Å². The Bertz CT molecular complexity index is 464. The highest BCUT2D eigenvalue weighted by Gasteiger charge is 2.27. The topological polar surface area (TPSA) is 84.2 Å². The van der Waals surface area contributed by atoms with Gasteiger partial charge >= 0.3 is 5.69 Å². The minimum atomic E-state index is -0.427. The van der Waals surface area contributed by atoms with Crippen molar-refractivity contribution in [3.63, 3.8) is 0 Å². The lowest BCUT2D eigenvalue weighted by molar-refractivity contribution is -0.384. The fraction of sp³-hybridized carbons (Fsp3) is 0.636. The molecule has 0 saturated carbocycles. The molecule has 7 nitrogen and oxygen atoms in total. The third kappa shape index (κ3) is 3.06. The van der Waals surface area contributed by atoms with Crippen molar-refractivity contribution in [3.8, 4) is 0 Å². The normalized spacial score (nSPS) is 18.3. The SMILES string of the molecule is CCNc1ncc([N+](=O)[O-])c(N(C)C2CCSC2)n1. The molecule has 1 N–H and O–H groups in total. The van der Waals surface area contributed by atoms with Crippen LogP contribution in [0.3, 0.4) is 0 Å². The second-order valence-corrected chi connectivity index (χ2v) is 5.47. The van der Waals surface area contributed by atoms with Gasteiger partial charge in [-0.05, 0) is 19.1 Å². The number of nitro groups is 1. The maximum atomic E-state index is 11.1. The van der Waals surface area contributed by atoms with Gasteiger partial charge in [0.1, 0.15) is 6.20 Å². The Morgan fingerprint density at radius 1 is 1.68 bits per heavy atom. The summed E-state index contributed by atoms with van der Waals surface area (Å²) in [4.78, 5) is 20.8. The van der Waals surface area contributed by atoms with Crippen molar-refractivity contribution < 1.29 is 4.92 Å². The first-order valence-corrected chi connectivity index (χ1v) is 7.34. The lowest BCUT2D eigenvalue weighted by atomic mass is 10.2. The summed E-state index contributed by atoms with van der Waals surface area (Å²) in [6.45, 7) is 2.61. The summed E-state index contributed by atoms with van der Waals surface area (Å²) >= 11 is 1.86. The molecule has 1 aromatic heterocycles. The van der Waals surface area contributed by atoms with Crippen molar-refractivity contribution in [1.29, 1.82) is 0 Å². The smallest absolute Gasteiger partial charge is 0.329 e. The molecule has 1 aliphatic heterocycles. The third-order valence-electron chi connectivity index (χ3n) is 3.07. The summed E-state index contributed by atoms with van der Waals surface area (Å²) in [5, 5.41) is 14.1. The van der Waals surface area contributed by atoms with E-state index in [9.17, 15) is 10.1 Å². The van der Waals surface area contributed by atoms with Crippen LogP contribution in [0, 0.1) is 10.1 Å². The van der Waals surface area contributed by atoms with Crippen LogP contribution in [-0.4, -0.2) is 46.0 Å². The van der Waals surface area contributed by atoms with Gasteiger partial charge in [-0.3, -0.25) is 10.1 Å². The van der Waals surface area contributed by atoms with Crippen molar-refractivity contribution in [1.82, 2.24) is 9.97 Å². The largest absolute Gasteiger partial charge is 0.354 e. The number of nitrogens with one attached hydrogen (secondary N) is 1. The summed E-state index contributed by atoms with van der Waals surface area (Å²) in [6, 6.07) is 0.299. The van der Waals surface area contributed by atoms with E-state index in [1.807, 2.05) is 30.6 Å². The van der Waals surface area contributed by atoms with Gasteiger partial charge in [0.2, 0.25) is 11.8 Å². The van der Waals surface area contributed by atoms with Crippen LogP contribution in [0.4, 0.5) is 17.5 Å². The highest BCUT2D eigenvalue weighted by molar-refractivity contribution is 7.99. The quantitative estimate of drug-likeness (QED) is 0.651. The highest BCUT2D eigenvalue weighted by atomic mass is 32.2. The molecule has 104 valence electrons. The fourth-order valence-corrected chi connectivity index (χ4v) is 3.27. The molecular formula is C11H17N5O2S. The van der Waals surface area contributed by atoms with E-state index in [0.29, 0.717) is 24.4 Å². The Morgan fingerprint density at radius 2 is 2.47 bits per heavy atom. The van der Waals surface area contributed by atoms with E-state index in [1.165, 1.54) is 6.20 Å². The van der Waals surface area contributed by atoms with Gasteiger partial charge in [0.25, 0.3) is 0 Å². The highest BCUT2D eigenvalue weighted by Crippen LogP contribution is 2.30. The minimum Gasteiger partial charge on any atom is -0.354 e. The zero-order valence-electron chi connectivity index (χ0n) is 11.0. The molecule has 2 heterocycles. The van der Waals surface area contributed by atoms with Crippen molar-refractivity contribution in [2.24, 2.45) is 0 Å². The summed E-state index contributed by atoms with van der Waals surface area (Å²) in [7, 11) is 1.86. The van der Waals surface area contributed by atoms with Crippen molar-refractivity contribution in [2.75, 3.05) is 35.3 Å². The van der Waals surface area contributed by atoms with E-state index >= 15 is 0 Å². The number of anilines is 2. The zero-order valence-corrected chi connectivity index (χ0v) is 11.8. The molecule has 0 amide bonds. The summed E-state index contributed by atoms with van der Waals surface area (Å²) in [6.07, 6.45) is 2.30. The predicted molar refractivity (Wildman–Crippen MR) is 77.0 cm³/mol. The summed E-state index contributed by atoms with van der Waals surface area (Å²) in [5.41, 5.74) is -0.0407. The van der Waals surface area contributed by atoms with Crippen LogP contribution in [0.15, 0.2) is 6.20 Å². The van der Waals surface area contributed by atoms with Gasteiger partial charge in [-0.2, -0.15) is 16.7 Å². The van der Waals surface area contributed by atoms with E-state index in [-0.39, 0.29) is 5.69 Å². The van der Waals surface area contributed by atoms with Crippen molar-refractivity contribution in [3.05, 3.63) is 16.3 Å². The monoisotopic (exact) mass is 283 g/mol. The number of thioether (sulfide) groups is 1. The number of aromatic nitrogens is 2. The molecule has 0 radical (unpaired) electrons. The molecule has 1 unspecified atom stereocenters. The first-order chi connectivity index (χ1) is 9.13. The maximum Gasteiger partial charge on any atom is 0.329 e. The molecule has 1 atom stereocenters. The predicted octanol–water partition coefficient (Wildman–Crippen LogP) is 1.76. The maximum absolute atomic E-state index is 11.1. The molecule has 0 bridgehead atoms. The number of hydrogen-bond acceptors (Lipinski definition) is 7. The molecule has 1 aliphatic rings. The third-order valence-corrected chi connectivity index (χ3v) is 4.21. The van der Waals surface area contributed by atoms with Gasteiger partial charge in [-0.25, -0.2) is 4.98 Å². The van der Waals surface area contributed by atoms with Crippen LogP contribution < -0.4 is 10.2 Å². The second-order valence-electron chi connectivity index (χ2n) is 4.32. The first-order valence-electron chi connectivity index (χ1n) is 6.19. The van der Waals surface area contributed by atoms with Gasteiger partial charge < -0.3 is 10.2 Å². The minimum absolute atomic E-state index is 0.0407. The Labute approximate surface area is 116 Å². The second kappa shape index (κ2) is 6.05. The average Bonchev–Trinajstić information content (AvgIpc) is 2.91. The van der Waals surface area contributed by atoms with E-state index in [1.54, 1.807) is 0 Å². The van der Waals surface area contributed by atoms with Crippen LogP contribution >= 0.6 is 11.8 Å². The van der Waals surface area contributed by atoms with Gasteiger partial charge in [-0.15, -0.1) is 0 Å². The molecule has 0 aromatic carbocycles. The van der Waals surface area contributed by atoms with Crippen LogP contribution in [0.1, 0.15) is 13.3 Å². The number of hydrogen-bond donors (Lipinski definition) is 1. The van der Waals surface area contributed by atoms with Crippen molar-refractivity contribution in [2.45, 2.75) is 19.4 Å². The Kier molecular flexibility index (Phi) is 4.41. The van der Waals surface area contributed by atoms with Gasteiger partial charge in [0, 0.05) is 25.4 Å². The van der Waals surface area contributed by atoms with Gasteiger partial charge in [0.15, 0.2) is 0 Å². The lowest BCUT2D eigenvalue weighted by Gasteiger charge is -2.24. The van der Waals surface area contributed by atoms with E-state index < -0.39 is 4.92 Å². The molecular weight excluding hydrogens is 266 g/mol. The van der Waals surface area contributed by atoms with Crippen LogP contribution in [0.5, 0.6) is 0 Å². The van der Waals surface area contributed by atoms with Gasteiger partial charge in [-0.1, -0.05) is 0 Å².